The number of nitrogens with zero attached hydrogens (tertiary/aromatic N) is 1. The van der Waals surface area contributed by atoms with E-state index in [9.17, 15) is 4.79 Å². The first-order valence-electron chi connectivity index (χ1n) is 6.34. The highest BCUT2D eigenvalue weighted by molar-refractivity contribution is 9.10. The van der Waals surface area contributed by atoms with Crippen LogP contribution in [0.4, 0.5) is 11.4 Å². The standard InChI is InChI=1S/C14H17BrN4O/c1-8(2)19-13(20)7-17-12-4-3-11(16)10-5-9(15)6-18-14(10)12/h3-6,8,17H,7,16H2,1-2H3,(H,19,20). The van der Waals surface area contributed by atoms with E-state index in [1.165, 1.54) is 0 Å². The molecule has 4 N–H and O–H groups in total. The molecule has 0 aliphatic rings. The predicted octanol–water partition coefficient (Wildman–Crippen LogP) is 2.52. The number of halogens is 1. The van der Waals surface area contributed by atoms with Gasteiger partial charge in [0.1, 0.15) is 0 Å². The highest BCUT2D eigenvalue weighted by Crippen LogP contribution is 2.28. The largest absolute Gasteiger partial charge is 0.398 e. The van der Waals surface area contributed by atoms with Crippen LogP contribution < -0.4 is 16.4 Å². The number of nitrogens with two attached hydrogens (primary N) is 1. The Labute approximate surface area is 126 Å². The number of amides is 1. The third-order valence-electron chi connectivity index (χ3n) is 2.74. The van der Waals surface area contributed by atoms with E-state index in [1.807, 2.05) is 26.0 Å². The normalized spacial score (nSPS) is 10.8. The van der Waals surface area contributed by atoms with E-state index in [0.717, 1.165) is 21.1 Å². The summed E-state index contributed by atoms with van der Waals surface area (Å²) < 4.78 is 0.867. The zero-order valence-electron chi connectivity index (χ0n) is 11.4. The molecule has 0 aliphatic heterocycles. The molecule has 2 rings (SSSR count). The van der Waals surface area contributed by atoms with Gasteiger partial charge in [-0.05, 0) is 48.0 Å². The number of rotatable bonds is 4. The molecule has 1 aromatic carbocycles. The van der Waals surface area contributed by atoms with Crippen molar-refractivity contribution < 1.29 is 4.79 Å². The summed E-state index contributed by atoms with van der Waals surface area (Å²) in [7, 11) is 0. The molecule has 6 heteroatoms. The number of fused-ring (bicyclic) bond motifs is 1. The van der Waals surface area contributed by atoms with Gasteiger partial charge in [0.25, 0.3) is 0 Å². The Morgan fingerprint density at radius 3 is 2.90 bits per heavy atom. The van der Waals surface area contributed by atoms with E-state index in [1.54, 1.807) is 12.3 Å². The van der Waals surface area contributed by atoms with E-state index >= 15 is 0 Å². The van der Waals surface area contributed by atoms with Gasteiger partial charge in [-0.15, -0.1) is 0 Å². The van der Waals surface area contributed by atoms with E-state index in [0.29, 0.717) is 5.69 Å². The summed E-state index contributed by atoms with van der Waals surface area (Å²) in [4.78, 5) is 16.0. The molecule has 0 spiro atoms. The van der Waals surface area contributed by atoms with Crippen LogP contribution in [0.5, 0.6) is 0 Å². The molecule has 0 fully saturated rings. The summed E-state index contributed by atoms with van der Waals surface area (Å²) in [6, 6.07) is 5.68. The highest BCUT2D eigenvalue weighted by atomic mass is 79.9. The number of anilines is 2. The first-order valence-corrected chi connectivity index (χ1v) is 7.13. The van der Waals surface area contributed by atoms with Crippen molar-refractivity contribution in [3.63, 3.8) is 0 Å². The van der Waals surface area contributed by atoms with Crippen LogP contribution in [0.1, 0.15) is 13.8 Å². The van der Waals surface area contributed by atoms with Crippen LogP contribution in [0.25, 0.3) is 10.9 Å². The lowest BCUT2D eigenvalue weighted by atomic mass is 10.1. The van der Waals surface area contributed by atoms with Crippen molar-refractivity contribution in [3.8, 4) is 0 Å². The molecular weight excluding hydrogens is 320 g/mol. The summed E-state index contributed by atoms with van der Waals surface area (Å²) in [5.74, 6) is -0.0536. The first kappa shape index (κ1) is 14.6. The zero-order valence-corrected chi connectivity index (χ0v) is 13.0. The smallest absolute Gasteiger partial charge is 0.239 e. The molecule has 0 aliphatic carbocycles. The van der Waals surface area contributed by atoms with Crippen LogP contribution in [0, 0.1) is 0 Å². The first-order chi connectivity index (χ1) is 9.47. The maximum atomic E-state index is 11.7. The van der Waals surface area contributed by atoms with Crippen LogP contribution in [0.15, 0.2) is 28.9 Å². The Kier molecular flexibility index (Phi) is 4.44. The van der Waals surface area contributed by atoms with Gasteiger partial charge in [0, 0.05) is 27.8 Å². The molecule has 0 bridgehead atoms. The summed E-state index contributed by atoms with van der Waals surface area (Å²) in [6.45, 7) is 4.06. The van der Waals surface area contributed by atoms with E-state index in [-0.39, 0.29) is 18.5 Å². The molecule has 2 aromatic rings. The SMILES string of the molecule is CC(C)NC(=O)CNc1ccc(N)c2cc(Br)cnc12. The second-order valence-corrected chi connectivity index (χ2v) is 5.74. The summed E-state index contributed by atoms with van der Waals surface area (Å²) in [5.41, 5.74) is 8.15. The molecule has 0 atom stereocenters. The third kappa shape index (κ3) is 3.39. The van der Waals surface area contributed by atoms with Crippen molar-refractivity contribution in [2.75, 3.05) is 17.6 Å². The lowest BCUT2D eigenvalue weighted by Crippen LogP contribution is -2.34. The molecule has 20 heavy (non-hydrogen) atoms. The maximum Gasteiger partial charge on any atom is 0.239 e. The van der Waals surface area contributed by atoms with Crippen LogP contribution in [0.3, 0.4) is 0 Å². The van der Waals surface area contributed by atoms with Crippen molar-refractivity contribution in [2.24, 2.45) is 0 Å². The summed E-state index contributed by atoms with van der Waals surface area (Å²) >= 11 is 3.38. The molecule has 1 heterocycles. The minimum Gasteiger partial charge on any atom is -0.398 e. The predicted molar refractivity (Wildman–Crippen MR) is 85.6 cm³/mol. The summed E-state index contributed by atoms with van der Waals surface area (Å²) in [5, 5.41) is 6.78. The number of nitrogens with one attached hydrogen (secondary N) is 2. The molecule has 5 nitrogen and oxygen atoms in total. The Hall–Kier alpha value is -1.82. The quantitative estimate of drug-likeness (QED) is 0.749. The zero-order chi connectivity index (χ0) is 14.7. The summed E-state index contributed by atoms with van der Waals surface area (Å²) in [6.07, 6.45) is 1.71. The Balaban J connectivity index is 2.23. The van der Waals surface area contributed by atoms with Gasteiger partial charge >= 0.3 is 0 Å². The number of benzene rings is 1. The van der Waals surface area contributed by atoms with Gasteiger partial charge < -0.3 is 16.4 Å². The molecule has 0 saturated heterocycles. The number of hydrogen-bond acceptors (Lipinski definition) is 4. The Morgan fingerprint density at radius 2 is 2.20 bits per heavy atom. The van der Waals surface area contributed by atoms with Crippen molar-refractivity contribution >= 4 is 44.1 Å². The Morgan fingerprint density at radius 1 is 1.45 bits per heavy atom. The average molecular weight is 337 g/mol. The van der Waals surface area contributed by atoms with E-state index in [2.05, 4.69) is 31.5 Å². The number of nitrogen functional groups attached to an aromatic ring is 1. The van der Waals surface area contributed by atoms with E-state index in [4.69, 9.17) is 5.73 Å². The number of carbonyl (C=O) groups is 1. The van der Waals surface area contributed by atoms with Gasteiger partial charge in [-0.3, -0.25) is 9.78 Å². The van der Waals surface area contributed by atoms with Crippen molar-refractivity contribution in [2.45, 2.75) is 19.9 Å². The van der Waals surface area contributed by atoms with Crippen LogP contribution in [-0.4, -0.2) is 23.5 Å². The minimum atomic E-state index is -0.0536. The topological polar surface area (TPSA) is 80.0 Å². The lowest BCUT2D eigenvalue weighted by Gasteiger charge is -2.12. The second-order valence-electron chi connectivity index (χ2n) is 4.83. The van der Waals surface area contributed by atoms with Gasteiger partial charge in [-0.25, -0.2) is 0 Å². The maximum absolute atomic E-state index is 11.7. The van der Waals surface area contributed by atoms with Gasteiger partial charge in [0.2, 0.25) is 5.91 Å². The molecule has 0 saturated carbocycles. The van der Waals surface area contributed by atoms with Gasteiger partial charge in [0.05, 0.1) is 17.7 Å². The third-order valence-corrected chi connectivity index (χ3v) is 3.17. The molecule has 0 unspecified atom stereocenters. The lowest BCUT2D eigenvalue weighted by molar-refractivity contribution is -0.119. The number of aromatic nitrogens is 1. The van der Waals surface area contributed by atoms with E-state index < -0.39 is 0 Å². The Bertz CT molecular complexity index is 642. The molecule has 106 valence electrons. The molecular formula is C14H17BrN4O. The molecule has 1 aromatic heterocycles. The number of carbonyl (C=O) groups excluding carboxylic acids is 1. The van der Waals surface area contributed by atoms with Crippen LogP contribution in [-0.2, 0) is 4.79 Å². The molecule has 1 amide bonds. The highest BCUT2D eigenvalue weighted by Gasteiger charge is 2.08. The number of pyridine rings is 1. The fraction of sp³-hybridized carbons (Fsp3) is 0.286. The van der Waals surface area contributed by atoms with Crippen molar-refractivity contribution in [1.29, 1.82) is 0 Å². The second kappa shape index (κ2) is 6.09. The van der Waals surface area contributed by atoms with Gasteiger partial charge in [-0.2, -0.15) is 0 Å². The van der Waals surface area contributed by atoms with Crippen LogP contribution >= 0.6 is 15.9 Å². The molecule has 0 radical (unpaired) electrons. The fourth-order valence-corrected chi connectivity index (χ4v) is 2.24. The van der Waals surface area contributed by atoms with Crippen molar-refractivity contribution in [1.82, 2.24) is 10.3 Å². The van der Waals surface area contributed by atoms with Gasteiger partial charge in [-0.1, -0.05) is 0 Å². The monoisotopic (exact) mass is 336 g/mol. The number of hydrogen-bond donors (Lipinski definition) is 3. The average Bonchev–Trinajstić information content (AvgIpc) is 2.37. The van der Waals surface area contributed by atoms with Gasteiger partial charge in [0.15, 0.2) is 0 Å². The fourth-order valence-electron chi connectivity index (χ4n) is 1.91. The minimum absolute atomic E-state index is 0.0536. The van der Waals surface area contributed by atoms with Crippen LogP contribution in [0.2, 0.25) is 0 Å². The van der Waals surface area contributed by atoms with Crippen molar-refractivity contribution in [3.05, 3.63) is 28.9 Å².